The fraction of sp³-hybridized carbons (Fsp3) is 0.562. The van der Waals surface area contributed by atoms with E-state index in [2.05, 4.69) is 10.2 Å². The van der Waals surface area contributed by atoms with Gasteiger partial charge in [-0.2, -0.15) is 13.2 Å². The van der Waals surface area contributed by atoms with Crippen molar-refractivity contribution < 1.29 is 27.4 Å². The predicted molar refractivity (Wildman–Crippen MR) is 81.1 cm³/mol. The van der Waals surface area contributed by atoms with Crippen LogP contribution in [-0.2, 0) is 10.9 Å². The van der Waals surface area contributed by atoms with Crippen LogP contribution in [0.15, 0.2) is 18.2 Å². The Kier molecular flexibility index (Phi) is 4.58. The number of halogens is 3. The van der Waals surface area contributed by atoms with Gasteiger partial charge in [0.05, 0.1) is 12.7 Å². The van der Waals surface area contributed by atoms with Crippen molar-refractivity contribution in [3.63, 3.8) is 0 Å². The lowest BCUT2D eigenvalue weighted by Crippen LogP contribution is -2.52. The van der Waals surface area contributed by atoms with Gasteiger partial charge in [0.15, 0.2) is 0 Å². The molecule has 0 unspecified atom stereocenters. The van der Waals surface area contributed by atoms with Crippen LogP contribution in [0.4, 0.5) is 23.7 Å². The molecule has 1 amide bonds. The number of benzene rings is 1. The number of ether oxygens (including phenoxy) is 2. The van der Waals surface area contributed by atoms with Crippen molar-refractivity contribution in [3.8, 4) is 5.75 Å². The number of nitrogens with one attached hydrogen (secondary N) is 1. The van der Waals surface area contributed by atoms with Gasteiger partial charge >= 0.3 is 12.3 Å². The summed E-state index contributed by atoms with van der Waals surface area (Å²) >= 11 is 0. The van der Waals surface area contributed by atoms with Gasteiger partial charge in [0.1, 0.15) is 11.9 Å². The molecule has 24 heavy (non-hydrogen) atoms. The van der Waals surface area contributed by atoms with Crippen LogP contribution in [-0.4, -0.2) is 43.8 Å². The second-order valence-corrected chi connectivity index (χ2v) is 6.12. The number of rotatable bonds is 3. The zero-order valence-electron chi connectivity index (χ0n) is 13.2. The highest BCUT2D eigenvalue weighted by atomic mass is 19.4. The topological polar surface area (TPSA) is 50.8 Å². The third-order valence-corrected chi connectivity index (χ3v) is 4.61. The van der Waals surface area contributed by atoms with Gasteiger partial charge in [-0.1, -0.05) is 0 Å². The molecule has 0 spiro atoms. The summed E-state index contributed by atoms with van der Waals surface area (Å²) in [5.41, 5.74) is -0.917. The van der Waals surface area contributed by atoms with E-state index in [0.717, 1.165) is 32.0 Å². The van der Waals surface area contributed by atoms with Crippen LogP contribution in [0, 0.1) is 5.92 Å². The number of carbonyl (C=O) groups is 1. The van der Waals surface area contributed by atoms with Crippen molar-refractivity contribution in [2.45, 2.75) is 25.1 Å². The lowest BCUT2D eigenvalue weighted by Gasteiger charge is -2.43. The van der Waals surface area contributed by atoms with E-state index in [1.807, 2.05) is 0 Å². The normalized spacial score (nSPS) is 26.1. The maximum absolute atomic E-state index is 13.0. The summed E-state index contributed by atoms with van der Waals surface area (Å²) in [6, 6.07) is 3.37. The number of hydrogen-bond acceptors (Lipinski definition) is 4. The van der Waals surface area contributed by atoms with Crippen LogP contribution in [0.25, 0.3) is 0 Å². The van der Waals surface area contributed by atoms with Crippen molar-refractivity contribution in [2.24, 2.45) is 5.92 Å². The number of piperidine rings is 3. The molecule has 3 saturated heterocycles. The fourth-order valence-corrected chi connectivity index (χ4v) is 3.34. The second kappa shape index (κ2) is 6.51. The van der Waals surface area contributed by atoms with E-state index < -0.39 is 17.8 Å². The van der Waals surface area contributed by atoms with E-state index in [1.54, 1.807) is 0 Å². The van der Waals surface area contributed by atoms with Crippen LogP contribution < -0.4 is 10.1 Å². The average Bonchev–Trinajstić information content (AvgIpc) is 2.55. The number of fused-ring (bicyclic) bond motifs is 3. The largest absolute Gasteiger partial charge is 0.496 e. The molecule has 5 nitrogen and oxygen atoms in total. The highest BCUT2D eigenvalue weighted by Gasteiger charge is 2.37. The third-order valence-electron chi connectivity index (χ3n) is 4.61. The van der Waals surface area contributed by atoms with Gasteiger partial charge in [-0.05, 0) is 50.0 Å². The maximum atomic E-state index is 13.0. The number of nitrogens with zero attached hydrogens (tertiary/aromatic N) is 1. The van der Waals surface area contributed by atoms with Crippen LogP contribution in [0.2, 0.25) is 0 Å². The van der Waals surface area contributed by atoms with E-state index >= 15 is 0 Å². The molecule has 1 N–H and O–H groups in total. The molecule has 0 radical (unpaired) electrons. The Bertz CT molecular complexity index is 613. The summed E-state index contributed by atoms with van der Waals surface area (Å²) in [5, 5.41) is 2.38. The Hall–Kier alpha value is -1.96. The Balaban J connectivity index is 1.66. The summed E-state index contributed by atoms with van der Waals surface area (Å²) < 4.78 is 49.1. The highest BCUT2D eigenvalue weighted by Crippen LogP contribution is 2.38. The first kappa shape index (κ1) is 16.9. The molecular weight excluding hydrogens is 325 g/mol. The molecule has 4 rings (SSSR count). The van der Waals surface area contributed by atoms with Crippen LogP contribution >= 0.6 is 0 Å². The van der Waals surface area contributed by atoms with Gasteiger partial charge in [0, 0.05) is 12.2 Å². The van der Waals surface area contributed by atoms with Crippen LogP contribution in [0.1, 0.15) is 18.4 Å². The number of hydrogen-bond donors (Lipinski definition) is 1. The van der Waals surface area contributed by atoms with E-state index in [-0.39, 0.29) is 17.5 Å². The molecule has 3 aliphatic heterocycles. The van der Waals surface area contributed by atoms with E-state index in [1.165, 1.54) is 19.2 Å². The SMILES string of the molecule is COc1ccc(NC(=O)O[C@H]2CN3CCC2CC3)cc1C(F)(F)F. The molecule has 1 aromatic carbocycles. The molecule has 3 heterocycles. The summed E-state index contributed by atoms with van der Waals surface area (Å²) in [4.78, 5) is 14.2. The maximum Gasteiger partial charge on any atom is 0.420 e. The molecule has 1 aromatic rings. The zero-order valence-corrected chi connectivity index (χ0v) is 13.2. The van der Waals surface area contributed by atoms with Gasteiger partial charge in [-0.25, -0.2) is 4.79 Å². The molecule has 1 atom stereocenters. The van der Waals surface area contributed by atoms with Gasteiger partial charge < -0.3 is 9.47 Å². The minimum absolute atomic E-state index is 0.0226. The molecular formula is C16H19F3N2O3. The van der Waals surface area contributed by atoms with E-state index in [0.29, 0.717) is 12.5 Å². The van der Waals surface area contributed by atoms with E-state index in [4.69, 9.17) is 9.47 Å². The summed E-state index contributed by atoms with van der Waals surface area (Å²) in [5.74, 6) is 0.0427. The Morgan fingerprint density at radius 1 is 1.29 bits per heavy atom. The molecule has 3 fully saturated rings. The Morgan fingerprint density at radius 2 is 2.00 bits per heavy atom. The molecule has 132 valence electrons. The highest BCUT2D eigenvalue weighted by molar-refractivity contribution is 5.85. The molecule has 3 aliphatic rings. The number of anilines is 1. The lowest BCUT2D eigenvalue weighted by atomic mass is 9.86. The predicted octanol–water partition coefficient (Wildman–Crippen LogP) is 3.36. The minimum Gasteiger partial charge on any atom is -0.496 e. The number of alkyl halides is 3. The lowest BCUT2D eigenvalue weighted by molar-refractivity contribution is -0.138. The summed E-state index contributed by atoms with van der Waals surface area (Å²) in [6.07, 6.45) is -3.53. The van der Waals surface area contributed by atoms with Crippen molar-refractivity contribution >= 4 is 11.8 Å². The average molecular weight is 344 g/mol. The number of carbonyl (C=O) groups excluding carboxylic acids is 1. The molecule has 0 aromatic heterocycles. The fourth-order valence-electron chi connectivity index (χ4n) is 3.34. The minimum atomic E-state index is -4.57. The van der Waals surface area contributed by atoms with Gasteiger partial charge in [0.2, 0.25) is 0 Å². The van der Waals surface area contributed by atoms with E-state index in [9.17, 15) is 18.0 Å². The van der Waals surface area contributed by atoms with Gasteiger partial charge in [0.25, 0.3) is 0 Å². The first-order valence-corrected chi connectivity index (χ1v) is 7.82. The zero-order chi connectivity index (χ0) is 17.3. The Morgan fingerprint density at radius 3 is 2.54 bits per heavy atom. The summed E-state index contributed by atoms with van der Waals surface area (Å²) in [6.45, 7) is 2.72. The number of amides is 1. The van der Waals surface area contributed by atoms with Crippen LogP contribution in [0.5, 0.6) is 5.75 Å². The Labute approximate surface area is 137 Å². The molecule has 0 aliphatic carbocycles. The smallest absolute Gasteiger partial charge is 0.420 e. The van der Waals surface area contributed by atoms with Gasteiger partial charge in [-0.15, -0.1) is 0 Å². The van der Waals surface area contributed by atoms with Crippen molar-refractivity contribution in [1.82, 2.24) is 4.90 Å². The first-order chi connectivity index (χ1) is 11.4. The quantitative estimate of drug-likeness (QED) is 0.914. The van der Waals surface area contributed by atoms with Crippen molar-refractivity contribution in [1.29, 1.82) is 0 Å². The third kappa shape index (κ3) is 3.58. The van der Waals surface area contributed by atoms with Gasteiger partial charge in [-0.3, -0.25) is 10.2 Å². The number of methoxy groups -OCH3 is 1. The second-order valence-electron chi connectivity index (χ2n) is 6.12. The van der Waals surface area contributed by atoms with Crippen molar-refractivity contribution in [3.05, 3.63) is 23.8 Å². The molecule has 8 heteroatoms. The van der Waals surface area contributed by atoms with Crippen LogP contribution in [0.3, 0.4) is 0 Å². The summed E-state index contributed by atoms with van der Waals surface area (Å²) in [7, 11) is 1.17. The standard InChI is InChI=1S/C16H19F3N2O3/c1-23-13-3-2-11(8-12(13)16(17,18)19)20-15(22)24-14-9-21-6-4-10(14)5-7-21/h2-3,8,10,14H,4-7,9H2,1H3,(H,20,22)/t14-/m0/s1. The monoisotopic (exact) mass is 344 g/mol. The molecule has 2 bridgehead atoms. The molecule has 0 saturated carbocycles. The first-order valence-electron chi connectivity index (χ1n) is 7.82. The van der Waals surface area contributed by atoms with Crippen molar-refractivity contribution in [2.75, 3.05) is 32.1 Å².